The first-order valence-corrected chi connectivity index (χ1v) is 8.53. The van der Waals surface area contributed by atoms with E-state index in [9.17, 15) is 19.2 Å². The van der Waals surface area contributed by atoms with Crippen LogP contribution in [0.5, 0.6) is 0 Å². The summed E-state index contributed by atoms with van der Waals surface area (Å²) in [5, 5.41) is 17.0. The van der Waals surface area contributed by atoms with Gasteiger partial charge >= 0.3 is 23.9 Å². The zero-order valence-electron chi connectivity index (χ0n) is 15.9. The minimum Gasteiger partial charge on any atom is -0.478 e. The van der Waals surface area contributed by atoms with Gasteiger partial charge in [0.05, 0.1) is 22.3 Å². The number of aromatic carboxylic acids is 2. The first-order chi connectivity index (χ1) is 14.3. The highest BCUT2D eigenvalue weighted by Crippen LogP contribution is 2.12. The Morgan fingerprint density at radius 1 is 0.733 bits per heavy atom. The van der Waals surface area contributed by atoms with Crippen molar-refractivity contribution in [1.29, 1.82) is 0 Å². The second-order valence-electron chi connectivity index (χ2n) is 5.51. The zero-order valence-corrected chi connectivity index (χ0v) is 15.9. The molecular weight excluding hydrogens is 392 g/mol. The number of benzene rings is 2. The molecule has 8 heteroatoms. The minimum absolute atomic E-state index is 0.0186. The molecule has 0 amide bonds. The van der Waals surface area contributed by atoms with E-state index >= 15 is 0 Å². The predicted molar refractivity (Wildman–Crippen MR) is 108 cm³/mol. The lowest BCUT2D eigenvalue weighted by Gasteiger charge is -2.07. The average molecular weight is 412 g/mol. The fraction of sp³-hybridized carbons (Fsp3) is 0.0909. The Labute approximate surface area is 172 Å². The normalized spacial score (nSPS) is 9.33. The summed E-state index contributed by atoms with van der Waals surface area (Å²) in [7, 11) is 0. The van der Waals surface area contributed by atoms with Gasteiger partial charge in [-0.2, -0.15) is 0 Å². The molecule has 0 saturated carbocycles. The molecule has 0 aliphatic carbocycles. The largest absolute Gasteiger partial charge is 0.478 e. The minimum atomic E-state index is -1.13. The maximum Gasteiger partial charge on any atom is 0.339 e. The van der Waals surface area contributed by atoms with Gasteiger partial charge in [-0.15, -0.1) is 0 Å². The van der Waals surface area contributed by atoms with Gasteiger partial charge in [-0.1, -0.05) is 43.5 Å². The number of ether oxygens (including phenoxy) is 2. The van der Waals surface area contributed by atoms with Crippen molar-refractivity contribution in [2.75, 3.05) is 13.2 Å². The monoisotopic (exact) mass is 412 g/mol. The number of carboxylic acids is 2. The molecule has 0 spiro atoms. The van der Waals surface area contributed by atoms with E-state index in [1.54, 1.807) is 12.1 Å². The molecule has 2 aromatic rings. The van der Waals surface area contributed by atoms with Crippen LogP contribution in [0.1, 0.15) is 41.4 Å². The summed E-state index contributed by atoms with van der Waals surface area (Å²) >= 11 is 0. The third-order valence-corrected chi connectivity index (χ3v) is 3.39. The molecule has 0 unspecified atom stereocenters. The van der Waals surface area contributed by atoms with Gasteiger partial charge in [0.2, 0.25) is 0 Å². The zero-order chi connectivity index (χ0) is 22.5. The Kier molecular flexibility index (Phi) is 9.77. The highest BCUT2D eigenvalue weighted by atomic mass is 16.5. The molecule has 0 heterocycles. The second kappa shape index (κ2) is 12.3. The van der Waals surface area contributed by atoms with Gasteiger partial charge in [0.25, 0.3) is 0 Å². The highest BCUT2D eigenvalue weighted by Gasteiger charge is 2.18. The standard InChI is InChI=1S/C14H14O4.C8H6O4/c1-3-9-17-13(15)11-7-5-6-8-12(11)14(16)18-10-4-2;9-7(10)5-2-1-3-6(4-5)8(11)12/h3-8H,1-2,9-10H2;1-4H,(H,9,10)(H,11,12). The number of hydrogen-bond acceptors (Lipinski definition) is 6. The van der Waals surface area contributed by atoms with Gasteiger partial charge in [-0.05, 0) is 30.3 Å². The molecular formula is C22H20O8. The molecule has 0 aliphatic heterocycles. The molecule has 0 fully saturated rings. The van der Waals surface area contributed by atoms with Crippen LogP contribution in [0.15, 0.2) is 73.8 Å². The SMILES string of the molecule is C=CCOC(=O)c1ccccc1C(=O)OCC=C.O=C(O)c1cccc(C(=O)O)c1. The average Bonchev–Trinajstić information content (AvgIpc) is 2.76. The quantitative estimate of drug-likeness (QED) is 0.498. The molecule has 0 aliphatic rings. The molecule has 0 bridgehead atoms. The summed E-state index contributed by atoms with van der Waals surface area (Å²) in [6.07, 6.45) is 2.91. The van der Waals surface area contributed by atoms with E-state index in [-0.39, 0.29) is 35.5 Å². The molecule has 2 rings (SSSR count). The van der Waals surface area contributed by atoms with Crippen molar-refractivity contribution in [3.05, 3.63) is 96.1 Å². The second-order valence-corrected chi connectivity index (χ2v) is 5.51. The van der Waals surface area contributed by atoms with Gasteiger partial charge in [0.15, 0.2) is 0 Å². The lowest BCUT2D eigenvalue weighted by Crippen LogP contribution is -2.14. The lowest BCUT2D eigenvalue weighted by molar-refractivity contribution is 0.0503. The molecule has 2 N–H and O–H groups in total. The first-order valence-electron chi connectivity index (χ1n) is 8.53. The highest BCUT2D eigenvalue weighted by molar-refractivity contribution is 6.03. The van der Waals surface area contributed by atoms with Crippen LogP contribution in [-0.2, 0) is 9.47 Å². The van der Waals surface area contributed by atoms with Crippen molar-refractivity contribution in [3.63, 3.8) is 0 Å². The van der Waals surface area contributed by atoms with Crippen LogP contribution in [-0.4, -0.2) is 47.3 Å². The van der Waals surface area contributed by atoms with E-state index in [0.29, 0.717) is 0 Å². The van der Waals surface area contributed by atoms with E-state index in [4.69, 9.17) is 19.7 Å². The number of hydrogen-bond donors (Lipinski definition) is 2. The van der Waals surface area contributed by atoms with Gasteiger partial charge < -0.3 is 19.7 Å². The number of esters is 2. The Morgan fingerprint density at radius 3 is 1.47 bits per heavy atom. The van der Waals surface area contributed by atoms with Crippen LogP contribution in [0.25, 0.3) is 0 Å². The van der Waals surface area contributed by atoms with Crippen molar-refractivity contribution in [2.24, 2.45) is 0 Å². The van der Waals surface area contributed by atoms with E-state index < -0.39 is 23.9 Å². The number of carbonyl (C=O) groups is 4. The molecule has 156 valence electrons. The molecule has 8 nitrogen and oxygen atoms in total. The third kappa shape index (κ3) is 7.43. The number of rotatable bonds is 8. The van der Waals surface area contributed by atoms with Crippen molar-refractivity contribution in [3.8, 4) is 0 Å². The van der Waals surface area contributed by atoms with Crippen molar-refractivity contribution in [2.45, 2.75) is 0 Å². The van der Waals surface area contributed by atoms with Crippen molar-refractivity contribution in [1.82, 2.24) is 0 Å². The Hall–Kier alpha value is -4.20. The van der Waals surface area contributed by atoms with Crippen LogP contribution in [0.3, 0.4) is 0 Å². The molecule has 0 aromatic heterocycles. The maximum absolute atomic E-state index is 11.7. The summed E-state index contributed by atoms with van der Waals surface area (Å²) in [5.74, 6) is -3.42. The van der Waals surface area contributed by atoms with E-state index in [1.807, 2.05) is 0 Å². The van der Waals surface area contributed by atoms with Crippen LogP contribution >= 0.6 is 0 Å². The molecule has 0 saturated heterocycles. The molecule has 30 heavy (non-hydrogen) atoms. The topological polar surface area (TPSA) is 127 Å². The van der Waals surface area contributed by atoms with Crippen LogP contribution in [0.2, 0.25) is 0 Å². The molecule has 2 aromatic carbocycles. The summed E-state index contributed by atoms with van der Waals surface area (Å²) in [6.45, 7) is 7.07. The first kappa shape index (κ1) is 23.8. The summed E-state index contributed by atoms with van der Waals surface area (Å²) in [6, 6.07) is 11.5. The predicted octanol–water partition coefficient (Wildman–Crippen LogP) is 3.46. The Morgan fingerprint density at radius 2 is 1.13 bits per heavy atom. The Bertz CT molecular complexity index is 873. The summed E-state index contributed by atoms with van der Waals surface area (Å²) in [5.41, 5.74) is 0.312. The smallest absolute Gasteiger partial charge is 0.339 e. The maximum atomic E-state index is 11.7. The molecule has 0 atom stereocenters. The fourth-order valence-corrected chi connectivity index (χ4v) is 2.05. The fourth-order valence-electron chi connectivity index (χ4n) is 2.05. The summed E-state index contributed by atoms with van der Waals surface area (Å²) in [4.78, 5) is 44.2. The Balaban J connectivity index is 0.000000325. The number of carbonyl (C=O) groups excluding carboxylic acids is 2. The molecule has 0 radical (unpaired) electrons. The van der Waals surface area contributed by atoms with Gasteiger partial charge in [0, 0.05) is 0 Å². The summed E-state index contributed by atoms with van der Waals surface area (Å²) < 4.78 is 9.78. The third-order valence-electron chi connectivity index (χ3n) is 3.39. The lowest BCUT2D eigenvalue weighted by atomic mass is 10.1. The van der Waals surface area contributed by atoms with Crippen molar-refractivity contribution >= 4 is 23.9 Å². The van der Waals surface area contributed by atoms with Crippen LogP contribution < -0.4 is 0 Å². The van der Waals surface area contributed by atoms with Gasteiger partial charge in [-0.3, -0.25) is 0 Å². The van der Waals surface area contributed by atoms with Crippen molar-refractivity contribution < 1.29 is 38.9 Å². The van der Waals surface area contributed by atoms with Crippen LogP contribution in [0.4, 0.5) is 0 Å². The van der Waals surface area contributed by atoms with E-state index in [2.05, 4.69) is 13.2 Å². The van der Waals surface area contributed by atoms with Crippen LogP contribution in [0, 0.1) is 0 Å². The van der Waals surface area contributed by atoms with E-state index in [1.165, 1.54) is 42.5 Å². The van der Waals surface area contributed by atoms with E-state index in [0.717, 1.165) is 6.07 Å². The van der Waals surface area contributed by atoms with Gasteiger partial charge in [-0.25, -0.2) is 19.2 Å². The number of carboxylic acid groups (broad SMARTS) is 2. The van der Waals surface area contributed by atoms with Gasteiger partial charge in [0.1, 0.15) is 13.2 Å².